The summed E-state index contributed by atoms with van der Waals surface area (Å²) in [5, 5.41) is 0. The normalized spacial score (nSPS) is 10.6. The average Bonchev–Trinajstić information content (AvgIpc) is 3.06. The number of benzene rings is 3. The van der Waals surface area contributed by atoms with E-state index in [0.29, 0.717) is 39.3 Å². The van der Waals surface area contributed by atoms with Crippen LogP contribution in [0.4, 0.5) is 0 Å². The highest BCUT2D eigenvalue weighted by Crippen LogP contribution is 2.31. The van der Waals surface area contributed by atoms with Gasteiger partial charge in [-0.15, -0.1) is 0 Å². The first-order valence-corrected chi connectivity index (χ1v) is 16.2. The molecule has 45 heavy (non-hydrogen) atoms. The van der Waals surface area contributed by atoms with Crippen LogP contribution in [0.5, 0.6) is 34.5 Å². The van der Waals surface area contributed by atoms with Crippen LogP contribution >= 0.6 is 0 Å². The van der Waals surface area contributed by atoms with Crippen LogP contribution in [0.3, 0.4) is 0 Å². The Bertz CT molecular complexity index is 1270. The van der Waals surface area contributed by atoms with Gasteiger partial charge in [-0.05, 0) is 131 Å². The van der Waals surface area contributed by atoms with Gasteiger partial charge in [-0.25, -0.2) is 0 Å². The van der Waals surface area contributed by atoms with Gasteiger partial charge in [-0.1, -0.05) is 13.8 Å². The molecule has 0 unspecified atom stereocenters. The molecular formula is C37H48O8. The number of aryl methyl sites for hydroxylation is 1. The van der Waals surface area contributed by atoms with Crippen LogP contribution in [0.2, 0.25) is 0 Å². The van der Waals surface area contributed by atoms with Crippen molar-refractivity contribution >= 4 is 11.9 Å². The number of carbonyl (C=O) groups excluding carboxylic acids is 2. The molecule has 0 aliphatic rings. The Morgan fingerprint density at radius 3 is 1.33 bits per heavy atom. The molecule has 0 bridgehead atoms. The number of esters is 2. The molecular weight excluding hydrogens is 572 g/mol. The van der Waals surface area contributed by atoms with Crippen LogP contribution in [0.1, 0.15) is 83.6 Å². The second kappa shape index (κ2) is 20.7. The molecule has 0 aromatic heterocycles. The molecule has 0 fully saturated rings. The Hall–Kier alpha value is -4.20. The van der Waals surface area contributed by atoms with Crippen molar-refractivity contribution in [2.75, 3.05) is 26.4 Å². The minimum Gasteiger partial charge on any atom is -0.494 e. The van der Waals surface area contributed by atoms with Crippen molar-refractivity contribution in [2.45, 2.75) is 85.0 Å². The summed E-state index contributed by atoms with van der Waals surface area (Å²) in [5.74, 6) is 4.27. The Morgan fingerprint density at radius 2 is 0.889 bits per heavy atom. The molecule has 0 saturated carbocycles. The van der Waals surface area contributed by atoms with Gasteiger partial charge < -0.3 is 28.4 Å². The number of hydrogen-bond donors (Lipinski definition) is 0. The van der Waals surface area contributed by atoms with Gasteiger partial charge in [0.05, 0.1) is 26.4 Å². The van der Waals surface area contributed by atoms with Crippen LogP contribution < -0.4 is 18.9 Å². The highest BCUT2D eigenvalue weighted by Gasteiger charge is 2.07. The molecule has 244 valence electrons. The lowest BCUT2D eigenvalue weighted by atomic mass is 10.2. The minimum absolute atomic E-state index is 0.138. The van der Waals surface area contributed by atoms with Gasteiger partial charge in [-0.3, -0.25) is 9.59 Å². The maximum absolute atomic E-state index is 11.1. The van der Waals surface area contributed by atoms with E-state index in [1.807, 2.05) is 73.7 Å². The van der Waals surface area contributed by atoms with Crippen molar-refractivity contribution in [1.29, 1.82) is 0 Å². The third-order valence-electron chi connectivity index (χ3n) is 6.98. The summed E-state index contributed by atoms with van der Waals surface area (Å²) in [6, 6.07) is 21.0. The van der Waals surface area contributed by atoms with Gasteiger partial charge in [-0.2, -0.15) is 0 Å². The number of hydrogen-bond acceptors (Lipinski definition) is 8. The first-order chi connectivity index (χ1) is 22.0. The van der Waals surface area contributed by atoms with Crippen LogP contribution in [-0.2, 0) is 19.1 Å². The molecule has 8 nitrogen and oxygen atoms in total. The summed E-state index contributed by atoms with van der Waals surface area (Å²) < 4.78 is 34.0. The van der Waals surface area contributed by atoms with E-state index in [1.54, 1.807) is 13.8 Å². The van der Waals surface area contributed by atoms with E-state index in [1.165, 1.54) is 0 Å². The zero-order valence-corrected chi connectivity index (χ0v) is 27.0. The van der Waals surface area contributed by atoms with Crippen LogP contribution in [-0.4, -0.2) is 38.4 Å². The molecule has 0 aliphatic heterocycles. The van der Waals surface area contributed by atoms with E-state index >= 15 is 0 Å². The highest BCUT2D eigenvalue weighted by molar-refractivity contribution is 5.69. The third-order valence-corrected chi connectivity index (χ3v) is 6.98. The molecule has 3 rings (SSSR count). The van der Waals surface area contributed by atoms with E-state index in [0.717, 1.165) is 91.4 Å². The lowest BCUT2D eigenvalue weighted by Crippen LogP contribution is -2.04. The van der Waals surface area contributed by atoms with Gasteiger partial charge in [0.15, 0.2) is 0 Å². The summed E-state index contributed by atoms with van der Waals surface area (Å²) in [7, 11) is 0. The summed E-state index contributed by atoms with van der Waals surface area (Å²) in [6.07, 6.45) is 8.63. The Kier molecular flexibility index (Phi) is 16.2. The molecule has 0 saturated heterocycles. The predicted octanol–water partition coefficient (Wildman–Crippen LogP) is 9.36. The summed E-state index contributed by atoms with van der Waals surface area (Å²) in [4.78, 5) is 22.3. The largest absolute Gasteiger partial charge is 0.494 e. The fourth-order valence-corrected chi connectivity index (χ4v) is 4.34. The fraction of sp³-hybridized carbons (Fsp3) is 0.459. The van der Waals surface area contributed by atoms with Crippen molar-refractivity contribution in [1.82, 2.24) is 0 Å². The monoisotopic (exact) mass is 620 g/mol. The lowest BCUT2D eigenvalue weighted by Gasteiger charge is -2.12. The van der Waals surface area contributed by atoms with E-state index in [9.17, 15) is 9.59 Å². The number of rotatable bonds is 22. The molecule has 3 aromatic carbocycles. The van der Waals surface area contributed by atoms with Crippen molar-refractivity contribution in [2.24, 2.45) is 0 Å². The van der Waals surface area contributed by atoms with Gasteiger partial charge in [0.25, 0.3) is 0 Å². The first-order valence-electron chi connectivity index (χ1n) is 16.2. The second-order valence-corrected chi connectivity index (χ2v) is 10.7. The van der Waals surface area contributed by atoms with Crippen molar-refractivity contribution < 1.29 is 38.0 Å². The van der Waals surface area contributed by atoms with Gasteiger partial charge in [0.2, 0.25) is 0 Å². The molecule has 0 radical (unpaired) electrons. The molecule has 0 N–H and O–H groups in total. The summed E-state index contributed by atoms with van der Waals surface area (Å²) in [5.41, 5.74) is 0.959. The first kappa shape index (κ1) is 35.3. The standard InChI is InChI=1S/C37H48O8/c1-4-36(38)42-26-12-8-6-10-24-40-30-14-18-32(19-15-30)44-34-22-23-35(29(3)28-34)45-33-20-16-31(17-21-33)41-25-11-7-9-13-27-43-37(39)5-2/h14-23,28H,4-13,24-27H2,1-3H3. The molecule has 3 aromatic rings. The molecule has 0 atom stereocenters. The van der Waals surface area contributed by atoms with E-state index in [-0.39, 0.29) is 11.9 Å². The van der Waals surface area contributed by atoms with E-state index < -0.39 is 0 Å². The maximum Gasteiger partial charge on any atom is 0.305 e. The topological polar surface area (TPSA) is 89.5 Å². The summed E-state index contributed by atoms with van der Waals surface area (Å²) in [6.45, 7) is 7.88. The van der Waals surface area contributed by atoms with E-state index in [4.69, 9.17) is 28.4 Å². The Labute approximate surface area is 267 Å². The van der Waals surface area contributed by atoms with Crippen molar-refractivity contribution in [3.63, 3.8) is 0 Å². The number of unbranched alkanes of at least 4 members (excludes halogenated alkanes) is 6. The SMILES string of the molecule is CCC(=O)OCCCCCCOc1ccc(Oc2ccc(Oc3ccc(OCCCCCCOC(=O)CC)cc3)c(C)c2)cc1. The molecule has 0 amide bonds. The number of ether oxygens (including phenoxy) is 6. The minimum atomic E-state index is -0.138. The number of carbonyl (C=O) groups is 2. The maximum atomic E-state index is 11.1. The molecule has 8 heteroatoms. The van der Waals surface area contributed by atoms with Crippen molar-refractivity contribution in [3.8, 4) is 34.5 Å². The Morgan fingerprint density at radius 1 is 0.489 bits per heavy atom. The highest BCUT2D eigenvalue weighted by atomic mass is 16.5. The third kappa shape index (κ3) is 14.4. The van der Waals surface area contributed by atoms with Crippen LogP contribution in [0.25, 0.3) is 0 Å². The zero-order chi connectivity index (χ0) is 32.1. The van der Waals surface area contributed by atoms with Crippen molar-refractivity contribution in [3.05, 3.63) is 72.3 Å². The van der Waals surface area contributed by atoms with Crippen LogP contribution in [0, 0.1) is 6.92 Å². The van der Waals surface area contributed by atoms with Gasteiger partial charge in [0.1, 0.15) is 34.5 Å². The predicted molar refractivity (Wildman–Crippen MR) is 175 cm³/mol. The molecule has 0 heterocycles. The quantitative estimate of drug-likeness (QED) is 0.0811. The Balaban J connectivity index is 1.32. The van der Waals surface area contributed by atoms with Gasteiger partial charge >= 0.3 is 11.9 Å². The van der Waals surface area contributed by atoms with Crippen LogP contribution in [0.15, 0.2) is 66.7 Å². The molecule has 0 aliphatic carbocycles. The smallest absolute Gasteiger partial charge is 0.305 e. The lowest BCUT2D eigenvalue weighted by molar-refractivity contribution is -0.144. The summed E-state index contributed by atoms with van der Waals surface area (Å²) >= 11 is 0. The average molecular weight is 621 g/mol. The second-order valence-electron chi connectivity index (χ2n) is 10.7. The zero-order valence-electron chi connectivity index (χ0n) is 27.0. The molecule has 0 spiro atoms. The van der Waals surface area contributed by atoms with E-state index in [2.05, 4.69) is 0 Å². The van der Waals surface area contributed by atoms with Gasteiger partial charge in [0, 0.05) is 12.8 Å². The fourth-order valence-electron chi connectivity index (χ4n) is 4.34.